The van der Waals surface area contributed by atoms with Crippen LogP contribution in [0.3, 0.4) is 0 Å². The number of hydrogen-bond acceptors (Lipinski definition) is 4. The van der Waals surface area contributed by atoms with Crippen LogP contribution in [0.2, 0.25) is 0 Å². The summed E-state index contributed by atoms with van der Waals surface area (Å²) in [6, 6.07) is 7.71. The lowest BCUT2D eigenvalue weighted by Gasteiger charge is -2.22. The number of aliphatic hydroxyl groups is 1. The summed E-state index contributed by atoms with van der Waals surface area (Å²) in [6.07, 6.45) is 0. The summed E-state index contributed by atoms with van der Waals surface area (Å²) in [6.45, 7) is 0.680. The van der Waals surface area contributed by atoms with Crippen LogP contribution in [0.5, 0.6) is 0 Å². The zero-order valence-electron chi connectivity index (χ0n) is 11.1. The van der Waals surface area contributed by atoms with Crippen molar-refractivity contribution in [1.29, 1.82) is 5.26 Å². The van der Waals surface area contributed by atoms with Gasteiger partial charge in [-0.1, -0.05) is 0 Å². The van der Waals surface area contributed by atoms with Crippen LogP contribution >= 0.6 is 0 Å². The minimum absolute atomic E-state index is 0.415. The molecule has 7 heteroatoms. The van der Waals surface area contributed by atoms with Crippen LogP contribution < -0.4 is 10.2 Å². The predicted octanol–water partition coefficient (Wildman–Crippen LogP) is 0.540. The highest BCUT2D eigenvalue weighted by molar-refractivity contribution is 5.92. The van der Waals surface area contributed by atoms with Crippen molar-refractivity contribution in [1.82, 2.24) is 5.32 Å². The Morgan fingerprint density at radius 2 is 1.95 bits per heavy atom. The lowest BCUT2D eigenvalue weighted by atomic mass is 10.1. The van der Waals surface area contributed by atoms with Crippen LogP contribution in [0, 0.1) is 11.3 Å². The number of urea groups is 1. The maximum atomic E-state index is 11.8. The first-order valence-corrected chi connectivity index (χ1v) is 5.75. The number of anilines is 1. The van der Waals surface area contributed by atoms with E-state index in [0.29, 0.717) is 11.3 Å². The largest absolute Gasteiger partial charge is 0.479 e. The maximum absolute atomic E-state index is 11.8. The van der Waals surface area contributed by atoms with Gasteiger partial charge in [-0.05, 0) is 31.2 Å². The first kappa shape index (κ1) is 15.5. The maximum Gasteiger partial charge on any atom is 0.337 e. The highest BCUT2D eigenvalue weighted by Gasteiger charge is 2.30. The molecule has 0 heterocycles. The third-order valence-electron chi connectivity index (χ3n) is 2.73. The van der Waals surface area contributed by atoms with Crippen molar-refractivity contribution in [3.05, 3.63) is 29.8 Å². The number of carboxylic acids is 1. The molecule has 7 nitrogen and oxygen atoms in total. The fourth-order valence-corrected chi connectivity index (χ4v) is 1.32. The molecule has 0 aliphatic heterocycles. The molecule has 20 heavy (non-hydrogen) atoms. The van der Waals surface area contributed by atoms with E-state index in [1.54, 1.807) is 24.3 Å². The fraction of sp³-hybridized carbons (Fsp3) is 0.308. The zero-order valence-corrected chi connectivity index (χ0v) is 11.1. The SMILES string of the molecule is CN(C(=O)NCC(C)(O)C(=O)O)c1ccc(C#N)cc1. The van der Waals surface area contributed by atoms with Gasteiger partial charge < -0.3 is 15.5 Å². The molecule has 1 aromatic rings. The first-order chi connectivity index (χ1) is 9.27. The minimum atomic E-state index is -2.03. The normalized spacial score (nSPS) is 12.9. The topological polar surface area (TPSA) is 114 Å². The van der Waals surface area contributed by atoms with Gasteiger partial charge in [-0.3, -0.25) is 4.90 Å². The molecule has 1 aromatic carbocycles. The number of rotatable bonds is 4. The van der Waals surface area contributed by atoms with Crippen molar-refractivity contribution in [2.75, 3.05) is 18.5 Å². The number of nitrogens with zero attached hydrogens (tertiary/aromatic N) is 2. The van der Waals surface area contributed by atoms with E-state index in [-0.39, 0.29) is 0 Å². The van der Waals surface area contributed by atoms with E-state index >= 15 is 0 Å². The quantitative estimate of drug-likeness (QED) is 0.743. The number of carbonyl (C=O) groups is 2. The molecule has 0 aliphatic rings. The average molecular weight is 277 g/mol. The number of benzene rings is 1. The average Bonchev–Trinajstić information content (AvgIpc) is 2.44. The first-order valence-electron chi connectivity index (χ1n) is 5.75. The Kier molecular flexibility index (Phi) is 4.67. The van der Waals surface area contributed by atoms with Gasteiger partial charge in [-0.15, -0.1) is 0 Å². The van der Waals surface area contributed by atoms with E-state index in [1.165, 1.54) is 11.9 Å². The molecule has 1 unspecified atom stereocenters. The van der Waals surface area contributed by atoms with Crippen molar-refractivity contribution < 1.29 is 19.8 Å². The second kappa shape index (κ2) is 6.04. The van der Waals surface area contributed by atoms with Gasteiger partial charge in [-0.2, -0.15) is 5.26 Å². The second-order valence-electron chi connectivity index (χ2n) is 4.46. The van der Waals surface area contributed by atoms with Crippen LogP contribution in [0.4, 0.5) is 10.5 Å². The Labute approximate surface area is 116 Å². The summed E-state index contributed by atoms with van der Waals surface area (Å²) in [7, 11) is 1.49. The van der Waals surface area contributed by atoms with E-state index in [4.69, 9.17) is 10.4 Å². The highest BCUT2D eigenvalue weighted by Crippen LogP contribution is 2.13. The molecule has 0 bridgehead atoms. The van der Waals surface area contributed by atoms with E-state index in [0.717, 1.165) is 6.92 Å². The van der Waals surface area contributed by atoms with Gasteiger partial charge in [0.25, 0.3) is 0 Å². The van der Waals surface area contributed by atoms with E-state index in [2.05, 4.69) is 5.32 Å². The molecular weight excluding hydrogens is 262 g/mol. The zero-order chi connectivity index (χ0) is 15.3. The van der Waals surface area contributed by atoms with Crippen molar-refractivity contribution in [3.63, 3.8) is 0 Å². The van der Waals surface area contributed by atoms with Gasteiger partial charge in [0.2, 0.25) is 0 Å². The van der Waals surface area contributed by atoms with Crippen LogP contribution in [0.15, 0.2) is 24.3 Å². The molecule has 0 saturated heterocycles. The molecule has 0 aromatic heterocycles. The number of amides is 2. The van der Waals surface area contributed by atoms with Gasteiger partial charge >= 0.3 is 12.0 Å². The highest BCUT2D eigenvalue weighted by atomic mass is 16.4. The summed E-state index contributed by atoms with van der Waals surface area (Å²) in [5.41, 5.74) is -1.02. The Morgan fingerprint density at radius 1 is 1.40 bits per heavy atom. The molecule has 0 radical (unpaired) electrons. The molecule has 106 valence electrons. The van der Waals surface area contributed by atoms with E-state index < -0.39 is 24.1 Å². The van der Waals surface area contributed by atoms with Gasteiger partial charge in [0.15, 0.2) is 5.60 Å². The van der Waals surface area contributed by atoms with Crippen LogP contribution in [-0.4, -0.2) is 41.4 Å². The summed E-state index contributed by atoms with van der Waals surface area (Å²) < 4.78 is 0. The number of aliphatic carboxylic acids is 1. The minimum Gasteiger partial charge on any atom is -0.479 e. The summed E-state index contributed by atoms with van der Waals surface area (Å²) >= 11 is 0. The van der Waals surface area contributed by atoms with E-state index in [1.807, 2.05) is 6.07 Å². The third kappa shape index (κ3) is 3.70. The van der Waals surface area contributed by atoms with Crippen LogP contribution in [0.1, 0.15) is 12.5 Å². The summed E-state index contributed by atoms with van der Waals surface area (Å²) in [5.74, 6) is -1.42. The van der Waals surface area contributed by atoms with Crippen molar-refractivity contribution in [3.8, 4) is 6.07 Å². The number of carboxylic acid groups (broad SMARTS) is 1. The molecule has 0 spiro atoms. The summed E-state index contributed by atoms with van der Waals surface area (Å²) in [4.78, 5) is 23.8. The number of hydrogen-bond donors (Lipinski definition) is 3. The molecule has 2 amide bonds. The van der Waals surface area contributed by atoms with Gasteiger partial charge in [0, 0.05) is 12.7 Å². The standard InChI is InChI=1S/C13H15N3O4/c1-13(20,11(17)18)8-15-12(19)16(2)10-5-3-9(7-14)4-6-10/h3-6,20H,8H2,1-2H3,(H,15,19)(H,17,18). The van der Waals surface area contributed by atoms with E-state index in [9.17, 15) is 14.7 Å². The molecule has 0 saturated carbocycles. The van der Waals surface area contributed by atoms with Gasteiger partial charge in [0.1, 0.15) is 0 Å². The molecule has 0 aliphatic carbocycles. The third-order valence-corrected chi connectivity index (χ3v) is 2.73. The Bertz CT molecular complexity index is 546. The van der Waals surface area contributed by atoms with Gasteiger partial charge in [-0.25, -0.2) is 9.59 Å². The smallest absolute Gasteiger partial charge is 0.337 e. The van der Waals surface area contributed by atoms with Crippen molar-refractivity contribution in [2.24, 2.45) is 0 Å². The number of nitrogens with one attached hydrogen (secondary N) is 1. The second-order valence-corrected chi connectivity index (χ2v) is 4.46. The molecule has 3 N–H and O–H groups in total. The molecule has 0 fully saturated rings. The van der Waals surface area contributed by atoms with Gasteiger partial charge in [0.05, 0.1) is 18.2 Å². The molecule has 1 rings (SSSR count). The van der Waals surface area contributed by atoms with Crippen molar-refractivity contribution in [2.45, 2.75) is 12.5 Å². The number of carbonyl (C=O) groups excluding carboxylic acids is 1. The summed E-state index contributed by atoms with van der Waals surface area (Å²) in [5, 5.41) is 29.2. The molecular formula is C13H15N3O4. The Hall–Kier alpha value is -2.59. The lowest BCUT2D eigenvalue weighted by molar-refractivity contribution is -0.155. The predicted molar refractivity (Wildman–Crippen MR) is 71.2 cm³/mol. The molecule has 1 atom stereocenters. The monoisotopic (exact) mass is 277 g/mol. The number of nitriles is 1. The van der Waals surface area contributed by atoms with Crippen LogP contribution in [-0.2, 0) is 4.79 Å². The Morgan fingerprint density at radius 3 is 2.40 bits per heavy atom. The lowest BCUT2D eigenvalue weighted by Crippen LogP contribution is -2.49. The fourth-order valence-electron chi connectivity index (χ4n) is 1.32. The van der Waals surface area contributed by atoms with Crippen LogP contribution in [0.25, 0.3) is 0 Å². The Balaban J connectivity index is 2.67. The van der Waals surface area contributed by atoms with Crippen molar-refractivity contribution >= 4 is 17.7 Å².